The van der Waals surface area contributed by atoms with Gasteiger partial charge in [-0.15, -0.1) is 0 Å². The highest BCUT2D eigenvalue weighted by Gasteiger charge is 2.11. The summed E-state index contributed by atoms with van der Waals surface area (Å²) in [7, 11) is 0. The lowest BCUT2D eigenvalue weighted by Crippen LogP contribution is -2.31. The number of benzene rings is 1. The van der Waals surface area contributed by atoms with Crippen LogP contribution in [0.2, 0.25) is 5.02 Å². The Balaban J connectivity index is 2.61. The summed E-state index contributed by atoms with van der Waals surface area (Å²) in [5, 5.41) is 0.711. The summed E-state index contributed by atoms with van der Waals surface area (Å²) < 4.78 is 10.8. The molecule has 0 fully saturated rings. The second kappa shape index (κ2) is 10.00. The highest BCUT2D eigenvalue weighted by molar-refractivity contribution is 6.31. The summed E-state index contributed by atoms with van der Waals surface area (Å²) in [6.45, 7) is 9.25. The first kappa shape index (κ1) is 17.2. The zero-order valence-corrected chi connectivity index (χ0v) is 13.2. The van der Waals surface area contributed by atoms with Crippen molar-refractivity contribution in [3.8, 4) is 0 Å². The van der Waals surface area contributed by atoms with Gasteiger partial charge in [0.25, 0.3) is 0 Å². The van der Waals surface area contributed by atoms with Crippen molar-refractivity contribution in [3.05, 3.63) is 28.8 Å². The SMILES string of the molecule is CCOCCN(CCOCC)Cc1c(N)cccc1Cl. The second-order valence-electron chi connectivity index (χ2n) is 4.48. The van der Waals surface area contributed by atoms with Gasteiger partial charge in [0.15, 0.2) is 0 Å². The van der Waals surface area contributed by atoms with E-state index < -0.39 is 0 Å². The maximum Gasteiger partial charge on any atom is 0.0593 e. The summed E-state index contributed by atoms with van der Waals surface area (Å²) in [5.41, 5.74) is 7.71. The van der Waals surface area contributed by atoms with Crippen LogP contribution < -0.4 is 5.73 Å². The Bertz CT molecular complexity index is 358. The molecule has 2 N–H and O–H groups in total. The first-order valence-corrected chi connectivity index (χ1v) is 7.47. The molecule has 4 nitrogen and oxygen atoms in total. The van der Waals surface area contributed by atoms with E-state index in [1.807, 2.05) is 32.0 Å². The number of hydrogen-bond donors (Lipinski definition) is 1. The van der Waals surface area contributed by atoms with Crippen LogP contribution in [0.15, 0.2) is 18.2 Å². The van der Waals surface area contributed by atoms with Gasteiger partial charge in [0.1, 0.15) is 0 Å². The fourth-order valence-corrected chi connectivity index (χ4v) is 2.15. The molecule has 0 heterocycles. The number of nitrogen functional groups attached to an aromatic ring is 1. The summed E-state index contributed by atoms with van der Waals surface area (Å²) in [6, 6.07) is 5.62. The van der Waals surface area contributed by atoms with Gasteiger partial charge in [-0.3, -0.25) is 4.90 Å². The van der Waals surface area contributed by atoms with E-state index in [0.29, 0.717) is 24.8 Å². The van der Waals surface area contributed by atoms with Crippen molar-refractivity contribution < 1.29 is 9.47 Å². The molecule has 0 aromatic heterocycles. The van der Waals surface area contributed by atoms with Crippen molar-refractivity contribution in [2.45, 2.75) is 20.4 Å². The average molecular weight is 301 g/mol. The molecule has 0 saturated carbocycles. The molecular weight excluding hydrogens is 276 g/mol. The molecule has 5 heteroatoms. The van der Waals surface area contributed by atoms with Crippen LogP contribution in [-0.2, 0) is 16.0 Å². The summed E-state index contributed by atoms with van der Waals surface area (Å²) in [5.74, 6) is 0. The number of halogens is 1. The smallest absolute Gasteiger partial charge is 0.0593 e. The number of nitrogens with two attached hydrogens (primary N) is 1. The van der Waals surface area contributed by atoms with Gasteiger partial charge in [-0.25, -0.2) is 0 Å². The highest BCUT2D eigenvalue weighted by Crippen LogP contribution is 2.23. The lowest BCUT2D eigenvalue weighted by Gasteiger charge is -2.23. The number of hydrogen-bond acceptors (Lipinski definition) is 4. The molecule has 1 rings (SSSR count). The Labute approximate surface area is 126 Å². The molecule has 0 atom stereocenters. The van der Waals surface area contributed by atoms with Gasteiger partial charge in [0.05, 0.1) is 13.2 Å². The van der Waals surface area contributed by atoms with Crippen LogP contribution in [0.4, 0.5) is 5.69 Å². The van der Waals surface area contributed by atoms with Gasteiger partial charge in [0, 0.05) is 49.1 Å². The molecule has 0 saturated heterocycles. The lowest BCUT2D eigenvalue weighted by molar-refractivity contribution is 0.0798. The lowest BCUT2D eigenvalue weighted by atomic mass is 10.1. The molecule has 0 aliphatic heterocycles. The first-order chi connectivity index (χ1) is 9.69. The Kier molecular flexibility index (Phi) is 8.62. The highest BCUT2D eigenvalue weighted by atomic mass is 35.5. The van der Waals surface area contributed by atoms with Crippen molar-refractivity contribution in [1.82, 2.24) is 4.90 Å². The van der Waals surface area contributed by atoms with Crippen LogP contribution in [0.3, 0.4) is 0 Å². The fraction of sp³-hybridized carbons (Fsp3) is 0.600. The minimum atomic E-state index is 0.701. The molecule has 114 valence electrons. The second-order valence-corrected chi connectivity index (χ2v) is 4.88. The average Bonchev–Trinajstić information content (AvgIpc) is 2.43. The normalized spacial score (nSPS) is 11.2. The maximum atomic E-state index is 6.23. The van der Waals surface area contributed by atoms with Gasteiger partial charge in [-0.2, -0.15) is 0 Å². The molecule has 0 aliphatic rings. The molecule has 0 amide bonds. The zero-order valence-electron chi connectivity index (χ0n) is 12.4. The van der Waals surface area contributed by atoms with E-state index in [4.69, 9.17) is 26.8 Å². The predicted molar refractivity (Wildman–Crippen MR) is 84.1 cm³/mol. The Morgan fingerprint density at radius 3 is 2.20 bits per heavy atom. The maximum absolute atomic E-state index is 6.23. The Morgan fingerprint density at radius 2 is 1.70 bits per heavy atom. The minimum Gasteiger partial charge on any atom is -0.398 e. The van der Waals surface area contributed by atoms with E-state index in [1.54, 1.807) is 0 Å². The minimum absolute atomic E-state index is 0.701. The van der Waals surface area contributed by atoms with Gasteiger partial charge in [0.2, 0.25) is 0 Å². The third-order valence-corrected chi connectivity index (χ3v) is 3.40. The molecule has 0 unspecified atom stereocenters. The first-order valence-electron chi connectivity index (χ1n) is 7.09. The quantitative estimate of drug-likeness (QED) is 0.533. The summed E-state index contributed by atoms with van der Waals surface area (Å²) >= 11 is 6.23. The fourth-order valence-electron chi connectivity index (χ4n) is 1.91. The van der Waals surface area contributed by atoms with Gasteiger partial charge < -0.3 is 15.2 Å². The van der Waals surface area contributed by atoms with Crippen LogP contribution >= 0.6 is 11.6 Å². The van der Waals surface area contributed by atoms with E-state index in [2.05, 4.69) is 4.90 Å². The number of ether oxygens (including phenoxy) is 2. The topological polar surface area (TPSA) is 47.7 Å². The van der Waals surface area contributed by atoms with Crippen LogP contribution in [-0.4, -0.2) is 44.4 Å². The predicted octanol–water partition coefficient (Wildman–Crippen LogP) is 2.80. The van der Waals surface area contributed by atoms with Gasteiger partial charge in [-0.1, -0.05) is 17.7 Å². The molecular formula is C15H25ClN2O2. The molecule has 20 heavy (non-hydrogen) atoms. The number of nitrogens with zero attached hydrogens (tertiary/aromatic N) is 1. The number of rotatable bonds is 10. The van der Waals surface area contributed by atoms with Crippen LogP contribution in [0.25, 0.3) is 0 Å². The molecule has 0 radical (unpaired) electrons. The van der Waals surface area contributed by atoms with Crippen molar-refractivity contribution in [2.24, 2.45) is 0 Å². The molecule has 1 aromatic carbocycles. The van der Waals surface area contributed by atoms with Crippen molar-refractivity contribution in [3.63, 3.8) is 0 Å². The monoisotopic (exact) mass is 300 g/mol. The van der Waals surface area contributed by atoms with Crippen LogP contribution in [0, 0.1) is 0 Å². The Morgan fingerprint density at radius 1 is 1.10 bits per heavy atom. The standard InChI is InChI=1S/C15H25ClN2O2/c1-3-19-10-8-18(9-11-20-4-2)12-13-14(16)6-5-7-15(13)17/h5-7H,3-4,8-12,17H2,1-2H3. The molecule has 0 aliphatic carbocycles. The largest absolute Gasteiger partial charge is 0.398 e. The van der Waals surface area contributed by atoms with E-state index in [0.717, 1.165) is 37.6 Å². The van der Waals surface area contributed by atoms with E-state index in [9.17, 15) is 0 Å². The molecule has 0 bridgehead atoms. The third kappa shape index (κ3) is 6.09. The molecule has 1 aromatic rings. The van der Waals surface area contributed by atoms with Crippen molar-refractivity contribution in [1.29, 1.82) is 0 Å². The van der Waals surface area contributed by atoms with Crippen LogP contribution in [0.5, 0.6) is 0 Å². The zero-order chi connectivity index (χ0) is 14.8. The van der Waals surface area contributed by atoms with E-state index >= 15 is 0 Å². The van der Waals surface area contributed by atoms with E-state index in [1.165, 1.54) is 0 Å². The Hall–Kier alpha value is -0.810. The third-order valence-electron chi connectivity index (χ3n) is 3.05. The van der Waals surface area contributed by atoms with Gasteiger partial charge >= 0.3 is 0 Å². The van der Waals surface area contributed by atoms with Crippen molar-refractivity contribution in [2.75, 3.05) is 45.3 Å². The van der Waals surface area contributed by atoms with E-state index in [-0.39, 0.29) is 0 Å². The molecule has 0 spiro atoms. The number of anilines is 1. The summed E-state index contributed by atoms with van der Waals surface area (Å²) in [6.07, 6.45) is 0. The van der Waals surface area contributed by atoms with Crippen LogP contribution in [0.1, 0.15) is 19.4 Å². The van der Waals surface area contributed by atoms with Gasteiger partial charge in [-0.05, 0) is 26.0 Å². The van der Waals surface area contributed by atoms with Crippen molar-refractivity contribution >= 4 is 17.3 Å². The summed E-state index contributed by atoms with van der Waals surface area (Å²) in [4.78, 5) is 2.25.